The van der Waals surface area contributed by atoms with Crippen LogP contribution in [-0.2, 0) is 14.8 Å². The van der Waals surface area contributed by atoms with E-state index in [0.29, 0.717) is 0 Å². The van der Waals surface area contributed by atoms with Crippen molar-refractivity contribution in [1.29, 1.82) is 0 Å². The lowest BCUT2D eigenvalue weighted by Gasteiger charge is -2.26. The standard InChI is InChI=1S/C29H27FN2O3S/c1-21-11-17-27(18-12-21)36(34,35)32(26-15-13-25(30)14-16-26)20-28(33)31-29(23-8-4-3-5-9-23)24-10-6-7-22(2)19-24/h3-19,29H,20H2,1-2H3,(H,31,33). The van der Waals surface area contributed by atoms with Gasteiger partial charge < -0.3 is 5.32 Å². The number of hydrogen-bond acceptors (Lipinski definition) is 3. The first kappa shape index (κ1) is 25.1. The van der Waals surface area contributed by atoms with Gasteiger partial charge in [0.2, 0.25) is 5.91 Å². The summed E-state index contributed by atoms with van der Waals surface area (Å²) in [5.74, 6) is -0.996. The van der Waals surface area contributed by atoms with E-state index >= 15 is 0 Å². The summed E-state index contributed by atoms with van der Waals surface area (Å²) in [5.41, 5.74) is 3.89. The molecule has 1 unspecified atom stereocenters. The molecule has 1 atom stereocenters. The average Bonchev–Trinajstić information content (AvgIpc) is 2.87. The highest BCUT2D eigenvalue weighted by atomic mass is 32.2. The zero-order valence-electron chi connectivity index (χ0n) is 20.1. The summed E-state index contributed by atoms with van der Waals surface area (Å²) in [6.45, 7) is 3.35. The van der Waals surface area contributed by atoms with Gasteiger partial charge in [0.25, 0.3) is 10.0 Å². The molecule has 0 saturated carbocycles. The normalized spacial score (nSPS) is 12.1. The molecule has 0 heterocycles. The third-order valence-corrected chi connectivity index (χ3v) is 7.61. The minimum Gasteiger partial charge on any atom is -0.344 e. The fourth-order valence-electron chi connectivity index (χ4n) is 3.95. The summed E-state index contributed by atoms with van der Waals surface area (Å²) >= 11 is 0. The number of carbonyl (C=O) groups is 1. The fourth-order valence-corrected chi connectivity index (χ4v) is 5.37. The van der Waals surface area contributed by atoms with Crippen LogP contribution in [-0.4, -0.2) is 20.9 Å². The first-order valence-corrected chi connectivity index (χ1v) is 12.9. The first-order valence-electron chi connectivity index (χ1n) is 11.5. The lowest BCUT2D eigenvalue weighted by molar-refractivity contribution is -0.120. The van der Waals surface area contributed by atoms with E-state index in [0.717, 1.165) is 26.6 Å². The maximum absolute atomic E-state index is 13.6. The number of anilines is 1. The molecule has 5 nitrogen and oxygen atoms in total. The van der Waals surface area contributed by atoms with Crippen LogP contribution in [0.3, 0.4) is 0 Å². The van der Waals surface area contributed by atoms with Gasteiger partial charge in [-0.15, -0.1) is 0 Å². The molecule has 4 rings (SSSR count). The molecule has 1 amide bonds. The number of nitrogens with zero attached hydrogens (tertiary/aromatic N) is 1. The van der Waals surface area contributed by atoms with Crippen molar-refractivity contribution in [1.82, 2.24) is 5.32 Å². The summed E-state index contributed by atoms with van der Waals surface area (Å²) < 4.78 is 41.8. The van der Waals surface area contributed by atoms with Crippen LogP contribution in [0, 0.1) is 19.7 Å². The van der Waals surface area contributed by atoms with Crippen LogP contribution in [0.1, 0.15) is 28.3 Å². The Kier molecular flexibility index (Phi) is 7.50. The van der Waals surface area contributed by atoms with Gasteiger partial charge in [-0.25, -0.2) is 12.8 Å². The van der Waals surface area contributed by atoms with Crippen molar-refractivity contribution < 1.29 is 17.6 Å². The van der Waals surface area contributed by atoms with Crippen molar-refractivity contribution in [2.24, 2.45) is 0 Å². The summed E-state index contributed by atoms with van der Waals surface area (Å²) in [7, 11) is -4.10. The van der Waals surface area contributed by atoms with Gasteiger partial charge in [-0.2, -0.15) is 0 Å². The zero-order valence-corrected chi connectivity index (χ0v) is 20.9. The minimum absolute atomic E-state index is 0.0449. The second-order valence-corrected chi connectivity index (χ2v) is 10.5. The van der Waals surface area contributed by atoms with Gasteiger partial charge in [-0.3, -0.25) is 9.10 Å². The predicted octanol–water partition coefficient (Wildman–Crippen LogP) is 5.54. The molecule has 0 aromatic heterocycles. The van der Waals surface area contributed by atoms with Gasteiger partial charge in [0.1, 0.15) is 12.4 Å². The first-order chi connectivity index (χ1) is 17.2. The van der Waals surface area contributed by atoms with Crippen LogP contribution in [0.2, 0.25) is 0 Å². The van der Waals surface area contributed by atoms with Gasteiger partial charge in [0.15, 0.2) is 0 Å². The third-order valence-electron chi connectivity index (χ3n) is 5.82. The monoisotopic (exact) mass is 502 g/mol. The Hall–Kier alpha value is -3.97. The molecular formula is C29H27FN2O3S. The van der Waals surface area contributed by atoms with Crippen molar-refractivity contribution >= 4 is 21.6 Å². The number of halogens is 1. The van der Waals surface area contributed by atoms with Crippen LogP contribution in [0.15, 0.2) is 108 Å². The van der Waals surface area contributed by atoms with Crippen LogP contribution < -0.4 is 9.62 Å². The Morgan fingerprint density at radius 2 is 1.44 bits per heavy atom. The van der Waals surface area contributed by atoms with E-state index in [2.05, 4.69) is 5.32 Å². The fraction of sp³-hybridized carbons (Fsp3) is 0.138. The summed E-state index contributed by atoms with van der Waals surface area (Å²) in [6, 6.07) is 28.2. The molecule has 0 bridgehead atoms. The maximum atomic E-state index is 13.6. The number of aryl methyl sites for hydroxylation is 2. The Bertz CT molecular complexity index is 1440. The number of rotatable bonds is 8. The topological polar surface area (TPSA) is 66.5 Å². The number of amides is 1. The second kappa shape index (κ2) is 10.7. The molecule has 4 aromatic rings. The summed E-state index contributed by atoms with van der Waals surface area (Å²) in [5, 5.41) is 3.00. The highest BCUT2D eigenvalue weighted by molar-refractivity contribution is 7.92. The van der Waals surface area contributed by atoms with Crippen LogP contribution in [0.5, 0.6) is 0 Å². The quantitative estimate of drug-likeness (QED) is 0.344. The molecule has 0 spiro atoms. The number of benzene rings is 4. The molecule has 0 aliphatic heterocycles. The molecule has 0 radical (unpaired) electrons. The van der Waals surface area contributed by atoms with E-state index in [1.807, 2.05) is 68.4 Å². The Morgan fingerprint density at radius 3 is 2.08 bits per heavy atom. The lowest BCUT2D eigenvalue weighted by Crippen LogP contribution is -2.42. The molecule has 36 heavy (non-hydrogen) atoms. The van der Waals surface area contributed by atoms with E-state index in [4.69, 9.17) is 0 Å². The zero-order chi connectivity index (χ0) is 25.7. The Balaban J connectivity index is 1.68. The molecule has 0 saturated heterocycles. The van der Waals surface area contributed by atoms with Gasteiger partial charge in [0.05, 0.1) is 16.6 Å². The molecule has 184 valence electrons. The molecule has 4 aromatic carbocycles. The maximum Gasteiger partial charge on any atom is 0.264 e. The number of nitrogens with one attached hydrogen (secondary N) is 1. The molecule has 7 heteroatoms. The summed E-state index contributed by atoms with van der Waals surface area (Å²) in [4.78, 5) is 13.4. The van der Waals surface area contributed by atoms with Crippen LogP contribution in [0.25, 0.3) is 0 Å². The predicted molar refractivity (Wildman–Crippen MR) is 140 cm³/mol. The largest absolute Gasteiger partial charge is 0.344 e. The molecule has 1 N–H and O–H groups in total. The van der Waals surface area contributed by atoms with E-state index < -0.39 is 34.3 Å². The van der Waals surface area contributed by atoms with Gasteiger partial charge in [0, 0.05) is 0 Å². The minimum atomic E-state index is -4.10. The number of carbonyl (C=O) groups excluding carboxylic acids is 1. The van der Waals surface area contributed by atoms with Crippen molar-refractivity contribution in [3.63, 3.8) is 0 Å². The van der Waals surface area contributed by atoms with Crippen molar-refractivity contribution in [2.75, 3.05) is 10.8 Å². The SMILES string of the molecule is Cc1ccc(S(=O)(=O)N(CC(=O)NC(c2ccccc2)c2cccc(C)c2)c2ccc(F)cc2)cc1. The van der Waals surface area contributed by atoms with E-state index in [1.165, 1.54) is 36.4 Å². The molecule has 0 aliphatic carbocycles. The smallest absolute Gasteiger partial charge is 0.264 e. The van der Waals surface area contributed by atoms with Gasteiger partial charge in [-0.05, 0) is 61.4 Å². The lowest BCUT2D eigenvalue weighted by atomic mass is 9.97. The van der Waals surface area contributed by atoms with Crippen molar-refractivity contribution in [3.05, 3.63) is 131 Å². The average molecular weight is 503 g/mol. The Morgan fingerprint density at radius 1 is 0.806 bits per heavy atom. The van der Waals surface area contributed by atoms with Crippen LogP contribution >= 0.6 is 0 Å². The van der Waals surface area contributed by atoms with Gasteiger partial charge >= 0.3 is 0 Å². The van der Waals surface area contributed by atoms with Gasteiger partial charge in [-0.1, -0.05) is 77.9 Å². The summed E-state index contributed by atoms with van der Waals surface area (Å²) in [6.07, 6.45) is 0. The third kappa shape index (κ3) is 5.80. The Labute approximate surface area is 211 Å². The molecular weight excluding hydrogens is 475 g/mol. The van der Waals surface area contributed by atoms with E-state index in [1.54, 1.807) is 12.1 Å². The van der Waals surface area contributed by atoms with Crippen molar-refractivity contribution in [3.8, 4) is 0 Å². The van der Waals surface area contributed by atoms with E-state index in [9.17, 15) is 17.6 Å². The van der Waals surface area contributed by atoms with E-state index in [-0.39, 0.29) is 10.6 Å². The number of sulfonamides is 1. The molecule has 0 fully saturated rings. The second-order valence-electron chi connectivity index (χ2n) is 8.63. The molecule has 0 aliphatic rings. The highest BCUT2D eigenvalue weighted by Gasteiger charge is 2.28. The van der Waals surface area contributed by atoms with Crippen LogP contribution in [0.4, 0.5) is 10.1 Å². The highest BCUT2D eigenvalue weighted by Crippen LogP contribution is 2.26. The van der Waals surface area contributed by atoms with Crippen molar-refractivity contribution in [2.45, 2.75) is 24.8 Å². The number of hydrogen-bond donors (Lipinski definition) is 1.